The highest BCUT2D eigenvalue weighted by atomic mass is 16.3. The lowest BCUT2D eigenvalue weighted by Gasteiger charge is -2.40. The maximum Gasteiger partial charge on any atom is 0.253 e. The molecule has 0 spiro atoms. The first-order valence-electron chi connectivity index (χ1n) is 12.2. The third-order valence-corrected chi connectivity index (χ3v) is 7.44. The average Bonchev–Trinajstić information content (AvgIpc) is 3.10. The van der Waals surface area contributed by atoms with Crippen LogP contribution in [0.5, 0.6) is 0 Å². The molecule has 2 heterocycles. The van der Waals surface area contributed by atoms with E-state index in [1.165, 1.54) is 5.56 Å². The highest BCUT2D eigenvalue weighted by Gasteiger charge is 2.41. The zero-order chi connectivity index (χ0) is 24.1. The van der Waals surface area contributed by atoms with Gasteiger partial charge in [-0.15, -0.1) is 0 Å². The molecule has 2 aliphatic heterocycles. The lowest BCUT2D eigenvalue weighted by molar-refractivity contribution is -0.142. The van der Waals surface area contributed by atoms with E-state index in [4.69, 9.17) is 5.73 Å². The molecule has 0 aromatic heterocycles. The van der Waals surface area contributed by atoms with Crippen molar-refractivity contribution >= 4 is 11.8 Å². The molecule has 2 saturated heterocycles. The van der Waals surface area contributed by atoms with Crippen molar-refractivity contribution in [2.24, 2.45) is 5.73 Å². The molecule has 4 rings (SSSR count). The molecule has 4 N–H and O–H groups in total. The van der Waals surface area contributed by atoms with Gasteiger partial charge in [0.1, 0.15) is 0 Å². The quantitative estimate of drug-likeness (QED) is 0.497. The number of piperidine rings is 1. The number of rotatable bonds is 10. The van der Waals surface area contributed by atoms with E-state index in [0.29, 0.717) is 43.1 Å². The normalized spacial score (nSPS) is 22.9. The molecule has 2 aromatic rings. The summed E-state index contributed by atoms with van der Waals surface area (Å²) in [6.07, 6.45) is 3.64. The predicted molar refractivity (Wildman–Crippen MR) is 130 cm³/mol. The third-order valence-electron chi connectivity index (χ3n) is 7.44. The lowest BCUT2D eigenvalue weighted by Crippen LogP contribution is -2.49. The van der Waals surface area contributed by atoms with Gasteiger partial charge in [0.2, 0.25) is 5.91 Å². The van der Waals surface area contributed by atoms with Crippen molar-refractivity contribution in [3.8, 4) is 0 Å². The molecule has 2 aromatic carbocycles. The maximum atomic E-state index is 12.7. The van der Waals surface area contributed by atoms with E-state index in [0.717, 1.165) is 37.8 Å². The molecule has 2 amide bonds. The molecule has 34 heavy (non-hydrogen) atoms. The summed E-state index contributed by atoms with van der Waals surface area (Å²) in [5, 5.41) is 19.3. The summed E-state index contributed by atoms with van der Waals surface area (Å²) < 4.78 is 0. The number of aliphatic hydroxyl groups excluding tert-OH is 2. The van der Waals surface area contributed by atoms with Gasteiger partial charge >= 0.3 is 0 Å². The molecule has 7 nitrogen and oxygen atoms in total. The van der Waals surface area contributed by atoms with Gasteiger partial charge in [-0.2, -0.15) is 0 Å². The Labute approximate surface area is 201 Å². The fourth-order valence-corrected chi connectivity index (χ4v) is 5.62. The number of fused-ring (bicyclic) bond motifs is 2. The zero-order valence-corrected chi connectivity index (χ0v) is 19.6. The Bertz CT molecular complexity index is 969. The average molecular weight is 466 g/mol. The van der Waals surface area contributed by atoms with Crippen LogP contribution in [0, 0.1) is 0 Å². The first-order valence-corrected chi connectivity index (χ1v) is 12.2. The van der Waals surface area contributed by atoms with Crippen molar-refractivity contribution in [1.82, 2.24) is 9.80 Å². The Morgan fingerprint density at radius 2 is 1.74 bits per heavy atom. The number of benzene rings is 2. The second-order valence-electron chi connectivity index (χ2n) is 9.54. The number of aliphatic hydroxyl groups is 2. The van der Waals surface area contributed by atoms with Crippen LogP contribution in [0.2, 0.25) is 0 Å². The molecule has 182 valence electrons. The summed E-state index contributed by atoms with van der Waals surface area (Å²) in [6.45, 7) is 1.22. The Balaban J connectivity index is 1.38. The Morgan fingerprint density at radius 1 is 1.03 bits per heavy atom. The van der Waals surface area contributed by atoms with Crippen LogP contribution in [-0.4, -0.2) is 76.3 Å². The van der Waals surface area contributed by atoms with Crippen molar-refractivity contribution in [3.05, 3.63) is 71.3 Å². The van der Waals surface area contributed by atoms with Gasteiger partial charge < -0.3 is 20.8 Å². The van der Waals surface area contributed by atoms with Crippen LogP contribution < -0.4 is 5.73 Å². The SMILES string of the molecule is NC(=O)c1cccc(C2CC3CCC(C2)N3CCN(CCc2ccccc2)C(=O)[C@@H](O)CO)c1. The van der Waals surface area contributed by atoms with Crippen LogP contribution in [0.1, 0.15) is 53.1 Å². The van der Waals surface area contributed by atoms with Gasteiger partial charge in [0.25, 0.3) is 5.91 Å². The van der Waals surface area contributed by atoms with Crippen molar-refractivity contribution in [1.29, 1.82) is 0 Å². The molecular weight excluding hydrogens is 430 g/mol. The number of amides is 2. The van der Waals surface area contributed by atoms with E-state index in [1.54, 1.807) is 11.0 Å². The van der Waals surface area contributed by atoms with Crippen molar-refractivity contribution < 1.29 is 19.8 Å². The number of nitrogens with zero attached hydrogens (tertiary/aromatic N) is 2. The molecule has 2 bridgehead atoms. The minimum atomic E-state index is -1.38. The first kappa shape index (κ1) is 24.4. The number of hydrogen-bond donors (Lipinski definition) is 3. The lowest BCUT2D eigenvalue weighted by atomic mass is 9.84. The molecule has 0 radical (unpaired) electrons. The molecule has 3 atom stereocenters. The summed E-state index contributed by atoms with van der Waals surface area (Å²) in [7, 11) is 0. The minimum Gasteiger partial charge on any atom is -0.393 e. The van der Waals surface area contributed by atoms with Gasteiger partial charge in [-0.3, -0.25) is 14.5 Å². The summed E-state index contributed by atoms with van der Waals surface area (Å²) in [6, 6.07) is 18.6. The van der Waals surface area contributed by atoms with Crippen molar-refractivity contribution in [2.45, 2.75) is 56.2 Å². The topological polar surface area (TPSA) is 107 Å². The van der Waals surface area contributed by atoms with Crippen LogP contribution in [0.3, 0.4) is 0 Å². The predicted octanol–water partition coefficient (Wildman–Crippen LogP) is 1.92. The molecule has 2 aliphatic rings. The van der Waals surface area contributed by atoms with Crippen LogP contribution in [0.25, 0.3) is 0 Å². The Morgan fingerprint density at radius 3 is 2.38 bits per heavy atom. The highest BCUT2D eigenvalue weighted by Crippen LogP contribution is 2.43. The maximum absolute atomic E-state index is 12.7. The molecular formula is C27H35N3O4. The fraction of sp³-hybridized carbons (Fsp3) is 0.481. The van der Waals surface area contributed by atoms with E-state index in [-0.39, 0.29) is 0 Å². The zero-order valence-electron chi connectivity index (χ0n) is 19.6. The number of nitrogens with two attached hydrogens (primary N) is 1. The van der Waals surface area contributed by atoms with Crippen molar-refractivity contribution in [3.63, 3.8) is 0 Å². The Hall–Kier alpha value is -2.74. The van der Waals surface area contributed by atoms with Crippen LogP contribution in [0.4, 0.5) is 0 Å². The molecule has 0 saturated carbocycles. The second-order valence-corrected chi connectivity index (χ2v) is 9.54. The first-order chi connectivity index (χ1) is 16.5. The standard InChI is InChI=1S/C27H35N3O4/c28-26(33)21-8-4-7-20(15-21)22-16-23-9-10-24(17-22)30(23)14-13-29(27(34)25(32)18-31)12-11-19-5-2-1-3-6-19/h1-8,15,22-25,31-32H,9-14,16-18H2,(H2,28,33)/t22?,23?,24?,25-/m0/s1. The number of carbonyl (C=O) groups excluding carboxylic acids is 2. The fourth-order valence-electron chi connectivity index (χ4n) is 5.62. The van der Waals surface area contributed by atoms with Crippen molar-refractivity contribution in [2.75, 3.05) is 26.2 Å². The van der Waals surface area contributed by atoms with E-state index >= 15 is 0 Å². The number of hydrogen-bond acceptors (Lipinski definition) is 5. The van der Waals surface area contributed by atoms with E-state index in [2.05, 4.69) is 11.0 Å². The van der Waals surface area contributed by atoms with Gasteiger partial charge in [0.15, 0.2) is 6.10 Å². The van der Waals surface area contributed by atoms with Crippen LogP contribution in [-0.2, 0) is 11.2 Å². The minimum absolute atomic E-state index is 0.396. The monoisotopic (exact) mass is 465 g/mol. The number of primary amides is 1. The van der Waals surface area contributed by atoms with E-state index < -0.39 is 24.5 Å². The van der Waals surface area contributed by atoms with Crippen LogP contribution in [0.15, 0.2) is 54.6 Å². The summed E-state index contributed by atoms with van der Waals surface area (Å²) in [5.74, 6) is -0.406. The molecule has 2 fully saturated rings. The third kappa shape index (κ3) is 5.66. The van der Waals surface area contributed by atoms with Crippen LogP contribution >= 0.6 is 0 Å². The molecule has 7 heteroatoms. The van der Waals surface area contributed by atoms with E-state index in [1.807, 2.05) is 42.5 Å². The van der Waals surface area contributed by atoms with E-state index in [9.17, 15) is 19.8 Å². The summed E-state index contributed by atoms with van der Waals surface area (Å²) in [5.41, 5.74) is 8.35. The van der Waals surface area contributed by atoms with Gasteiger partial charge in [0.05, 0.1) is 6.61 Å². The van der Waals surface area contributed by atoms with Gasteiger partial charge in [-0.1, -0.05) is 42.5 Å². The smallest absolute Gasteiger partial charge is 0.253 e. The number of carbonyl (C=O) groups is 2. The summed E-state index contributed by atoms with van der Waals surface area (Å²) in [4.78, 5) is 28.5. The molecule has 2 unspecified atom stereocenters. The largest absolute Gasteiger partial charge is 0.393 e. The van der Waals surface area contributed by atoms with Gasteiger partial charge in [-0.05, 0) is 61.3 Å². The summed E-state index contributed by atoms with van der Waals surface area (Å²) >= 11 is 0. The van der Waals surface area contributed by atoms with Gasteiger partial charge in [0, 0.05) is 37.3 Å². The second kappa shape index (κ2) is 11.1. The highest BCUT2D eigenvalue weighted by molar-refractivity contribution is 5.92. The van der Waals surface area contributed by atoms with Gasteiger partial charge in [-0.25, -0.2) is 0 Å². The Kier molecular flexibility index (Phi) is 7.98. The molecule has 0 aliphatic carbocycles.